The number of rotatable bonds is 5. The highest BCUT2D eigenvalue weighted by Gasteiger charge is 2.12. The standard InChI is InChI=1S/C14H17N3O3S/c1-10-3-6-13(21(19,20)15-2)7-14(10)17-8-11-4-5-12(18)9-16-11/h3-7,9,15,17-18H,8H2,1-2H3. The van der Waals surface area contributed by atoms with Crippen LogP contribution in [0.15, 0.2) is 41.4 Å². The Balaban J connectivity index is 2.20. The molecule has 6 nitrogen and oxygen atoms in total. The molecule has 0 aliphatic heterocycles. The van der Waals surface area contributed by atoms with Gasteiger partial charge in [0.1, 0.15) is 5.75 Å². The molecule has 0 unspecified atom stereocenters. The van der Waals surface area contributed by atoms with Gasteiger partial charge in [0.15, 0.2) is 0 Å². The molecule has 112 valence electrons. The second-order valence-electron chi connectivity index (χ2n) is 4.55. The van der Waals surface area contributed by atoms with Crippen LogP contribution in [0.5, 0.6) is 5.75 Å². The molecule has 2 aromatic rings. The summed E-state index contributed by atoms with van der Waals surface area (Å²) in [6.07, 6.45) is 1.37. The number of aryl methyl sites for hydroxylation is 1. The number of hydrogen-bond acceptors (Lipinski definition) is 5. The van der Waals surface area contributed by atoms with Crippen LogP contribution in [-0.2, 0) is 16.6 Å². The molecule has 0 spiro atoms. The van der Waals surface area contributed by atoms with Gasteiger partial charge in [-0.3, -0.25) is 4.98 Å². The average Bonchev–Trinajstić information content (AvgIpc) is 2.48. The van der Waals surface area contributed by atoms with E-state index in [1.165, 1.54) is 13.2 Å². The van der Waals surface area contributed by atoms with E-state index in [2.05, 4.69) is 15.0 Å². The molecule has 0 aliphatic rings. The third-order valence-corrected chi connectivity index (χ3v) is 4.47. The van der Waals surface area contributed by atoms with Crippen molar-refractivity contribution in [2.24, 2.45) is 0 Å². The zero-order valence-electron chi connectivity index (χ0n) is 11.8. The lowest BCUT2D eigenvalue weighted by Crippen LogP contribution is -2.18. The van der Waals surface area contributed by atoms with Crippen LogP contribution < -0.4 is 10.0 Å². The molecule has 0 bridgehead atoms. The lowest BCUT2D eigenvalue weighted by Gasteiger charge is -2.11. The first kappa shape index (κ1) is 15.3. The fourth-order valence-corrected chi connectivity index (χ4v) is 2.54. The van der Waals surface area contributed by atoms with Gasteiger partial charge in [-0.2, -0.15) is 0 Å². The molecule has 1 aromatic heterocycles. The van der Waals surface area contributed by atoms with E-state index in [1.54, 1.807) is 30.3 Å². The van der Waals surface area contributed by atoms with Gasteiger partial charge in [-0.25, -0.2) is 13.1 Å². The molecular weight excluding hydrogens is 290 g/mol. The van der Waals surface area contributed by atoms with Crippen molar-refractivity contribution in [3.05, 3.63) is 47.8 Å². The van der Waals surface area contributed by atoms with Crippen molar-refractivity contribution in [2.45, 2.75) is 18.4 Å². The third-order valence-electron chi connectivity index (χ3n) is 3.06. The van der Waals surface area contributed by atoms with Crippen molar-refractivity contribution in [1.82, 2.24) is 9.71 Å². The largest absolute Gasteiger partial charge is 0.506 e. The Bertz CT molecular complexity index is 728. The van der Waals surface area contributed by atoms with E-state index in [0.29, 0.717) is 6.54 Å². The minimum Gasteiger partial charge on any atom is -0.506 e. The van der Waals surface area contributed by atoms with Crippen molar-refractivity contribution in [1.29, 1.82) is 0 Å². The molecule has 0 saturated carbocycles. The predicted octanol–water partition coefficient (Wildman–Crippen LogP) is 1.62. The van der Waals surface area contributed by atoms with Gasteiger partial charge in [0, 0.05) is 5.69 Å². The molecular formula is C14H17N3O3S. The Morgan fingerprint density at radius 3 is 2.62 bits per heavy atom. The molecule has 2 rings (SSSR count). The number of benzene rings is 1. The molecule has 0 radical (unpaired) electrons. The maximum atomic E-state index is 11.8. The maximum Gasteiger partial charge on any atom is 0.240 e. The first-order valence-electron chi connectivity index (χ1n) is 6.34. The van der Waals surface area contributed by atoms with Crippen molar-refractivity contribution < 1.29 is 13.5 Å². The highest BCUT2D eigenvalue weighted by molar-refractivity contribution is 7.89. The zero-order valence-corrected chi connectivity index (χ0v) is 12.6. The number of pyridine rings is 1. The van der Waals surface area contributed by atoms with Gasteiger partial charge in [-0.1, -0.05) is 6.07 Å². The second kappa shape index (κ2) is 6.11. The molecule has 0 amide bonds. The van der Waals surface area contributed by atoms with Crippen LogP contribution in [0.2, 0.25) is 0 Å². The number of sulfonamides is 1. The van der Waals surface area contributed by atoms with Crippen molar-refractivity contribution in [2.75, 3.05) is 12.4 Å². The van der Waals surface area contributed by atoms with Gasteiger partial charge in [-0.15, -0.1) is 0 Å². The number of nitrogens with one attached hydrogen (secondary N) is 2. The summed E-state index contributed by atoms with van der Waals surface area (Å²) in [5.41, 5.74) is 2.40. The summed E-state index contributed by atoms with van der Waals surface area (Å²) in [6.45, 7) is 2.33. The lowest BCUT2D eigenvalue weighted by atomic mass is 10.2. The van der Waals surface area contributed by atoms with E-state index in [1.807, 2.05) is 6.92 Å². The molecule has 7 heteroatoms. The Morgan fingerprint density at radius 2 is 2.00 bits per heavy atom. The molecule has 0 atom stereocenters. The number of anilines is 1. The maximum absolute atomic E-state index is 11.8. The minimum absolute atomic E-state index is 0.108. The summed E-state index contributed by atoms with van der Waals surface area (Å²) in [4.78, 5) is 4.27. The van der Waals surface area contributed by atoms with E-state index < -0.39 is 10.0 Å². The van der Waals surface area contributed by atoms with Crippen LogP contribution in [0.3, 0.4) is 0 Å². The highest BCUT2D eigenvalue weighted by Crippen LogP contribution is 2.20. The van der Waals surface area contributed by atoms with Gasteiger partial charge >= 0.3 is 0 Å². The summed E-state index contributed by atoms with van der Waals surface area (Å²) in [5.74, 6) is 0.108. The smallest absolute Gasteiger partial charge is 0.240 e. The summed E-state index contributed by atoms with van der Waals surface area (Å²) in [7, 11) is -2.09. The van der Waals surface area contributed by atoms with Gasteiger partial charge < -0.3 is 10.4 Å². The molecule has 1 aromatic carbocycles. The summed E-state index contributed by atoms with van der Waals surface area (Å²) in [5, 5.41) is 12.3. The molecule has 0 saturated heterocycles. The quantitative estimate of drug-likeness (QED) is 0.780. The summed E-state index contributed by atoms with van der Waals surface area (Å²) >= 11 is 0. The Kier molecular flexibility index (Phi) is 4.44. The zero-order chi connectivity index (χ0) is 15.5. The normalized spacial score (nSPS) is 11.3. The summed E-state index contributed by atoms with van der Waals surface area (Å²) in [6, 6.07) is 8.15. The average molecular weight is 307 g/mol. The van der Waals surface area contributed by atoms with Crippen molar-refractivity contribution in [3.63, 3.8) is 0 Å². The van der Waals surface area contributed by atoms with Crippen LogP contribution in [0.4, 0.5) is 5.69 Å². The molecule has 3 N–H and O–H groups in total. The van der Waals surface area contributed by atoms with Gasteiger partial charge in [0.25, 0.3) is 0 Å². The Labute approximate surface area is 123 Å². The Hall–Kier alpha value is -2.12. The van der Waals surface area contributed by atoms with Crippen LogP contribution in [-0.4, -0.2) is 25.6 Å². The first-order chi connectivity index (χ1) is 9.92. The van der Waals surface area contributed by atoms with Crippen LogP contribution >= 0.6 is 0 Å². The third kappa shape index (κ3) is 3.71. The summed E-state index contributed by atoms with van der Waals surface area (Å²) < 4.78 is 25.9. The highest BCUT2D eigenvalue weighted by atomic mass is 32.2. The van der Waals surface area contributed by atoms with E-state index >= 15 is 0 Å². The molecule has 1 heterocycles. The number of aromatic nitrogens is 1. The second-order valence-corrected chi connectivity index (χ2v) is 6.43. The molecule has 21 heavy (non-hydrogen) atoms. The monoisotopic (exact) mass is 307 g/mol. The molecule has 0 aliphatic carbocycles. The van der Waals surface area contributed by atoms with E-state index in [9.17, 15) is 13.5 Å². The van der Waals surface area contributed by atoms with Gasteiger partial charge in [-0.05, 0) is 43.8 Å². The van der Waals surface area contributed by atoms with Gasteiger partial charge in [0.2, 0.25) is 10.0 Å². The number of aromatic hydroxyl groups is 1. The lowest BCUT2D eigenvalue weighted by molar-refractivity contribution is 0.472. The van der Waals surface area contributed by atoms with E-state index in [-0.39, 0.29) is 10.6 Å². The first-order valence-corrected chi connectivity index (χ1v) is 7.82. The van der Waals surface area contributed by atoms with Gasteiger partial charge in [0.05, 0.1) is 23.3 Å². The van der Waals surface area contributed by atoms with E-state index in [4.69, 9.17) is 0 Å². The molecule has 0 fully saturated rings. The van der Waals surface area contributed by atoms with Crippen LogP contribution in [0.1, 0.15) is 11.3 Å². The van der Waals surface area contributed by atoms with E-state index in [0.717, 1.165) is 16.9 Å². The minimum atomic E-state index is -3.46. The SMILES string of the molecule is CNS(=O)(=O)c1ccc(C)c(NCc2ccc(O)cn2)c1. The fraction of sp³-hybridized carbons (Fsp3) is 0.214. The topological polar surface area (TPSA) is 91.3 Å². The van der Waals surface area contributed by atoms with Crippen LogP contribution in [0, 0.1) is 6.92 Å². The van der Waals surface area contributed by atoms with Crippen LogP contribution in [0.25, 0.3) is 0 Å². The predicted molar refractivity (Wildman–Crippen MR) is 80.7 cm³/mol. The fourth-order valence-electron chi connectivity index (χ4n) is 1.78. The number of nitrogens with zero attached hydrogens (tertiary/aromatic N) is 1. The van der Waals surface area contributed by atoms with Crippen molar-refractivity contribution >= 4 is 15.7 Å². The van der Waals surface area contributed by atoms with Crippen molar-refractivity contribution in [3.8, 4) is 5.75 Å². The Morgan fingerprint density at radius 1 is 1.24 bits per heavy atom. The number of hydrogen-bond donors (Lipinski definition) is 3.